The molecular weight excluding hydrogens is 632 g/mol. The molecule has 133 valence electrons. The third-order valence-corrected chi connectivity index (χ3v) is 4.77. The Balaban J connectivity index is 0.00000131. The summed E-state index contributed by atoms with van der Waals surface area (Å²) in [4.78, 5) is 15.2. The number of piperidine rings is 1. The van der Waals surface area contributed by atoms with Crippen LogP contribution in [0.5, 0.6) is 0 Å². The smallest absolute Gasteiger partial charge is 0.123 e. The largest absolute Gasteiger partial charge is 0.374 e. The Morgan fingerprint density at radius 2 is 1.81 bits per heavy atom. The minimum Gasteiger partial charge on any atom is -0.374 e. The SMILES string of the molecule is CN1CCC(n2cnc(-c3ccc(F)cc3)c2-c2ccn[c-]n2)CC1.[Ra].[Y]. The van der Waals surface area contributed by atoms with Gasteiger partial charge in [0.15, 0.2) is 0 Å². The summed E-state index contributed by atoms with van der Waals surface area (Å²) in [7, 11) is 2.15. The van der Waals surface area contributed by atoms with E-state index in [1.54, 1.807) is 18.3 Å². The molecule has 0 unspecified atom stereocenters. The van der Waals surface area contributed by atoms with Crippen LogP contribution < -0.4 is 0 Å². The van der Waals surface area contributed by atoms with Crippen molar-refractivity contribution in [2.24, 2.45) is 0 Å². The van der Waals surface area contributed by atoms with Gasteiger partial charge >= 0.3 is 0 Å². The van der Waals surface area contributed by atoms with Crippen molar-refractivity contribution >= 4 is 0 Å². The van der Waals surface area contributed by atoms with Gasteiger partial charge in [-0.3, -0.25) is 0 Å². The molecule has 5 nitrogen and oxygen atoms in total. The van der Waals surface area contributed by atoms with Gasteiger partial charge in [0.2, 0.25) is 0 Å². The number of benzene rings is 1. The Kier molecular flexibility index (Phi) is 9.18. The van der Waals surface area contributed by atoms with Gasteiger partial charge in [-0.2, -0.15) is 0 Å². The van der Waals surface area contributed by atoms with Crippen molar-refractivity contribution in [1.82, 2.24) is 24.4 Å². The summed E-state index contributed by atoms with van der Waals surface area (Å²) >= 11 is 0. The maximum atomic E-state index is 13.3. The molecular formula is C19H19FN5RaY-. The van der Waals surface area contributed by atoms with Gasteiger partial charge in [0.1, 0.15) is 5.82 Å². The molecule has 8 heteroatoms. The average Bonchev–Trinajstić information content (AvgIpc) is 3.09. The molecule has 1 saturated heterocycles. The summed E-state index contributed by atoms with van der Waals surface area (Å²) in [6.07, 6.45) is 8.36. The molecule has 1 aliphatic rings. The predicted molar refractivity (Wildman–Crippen MR) is 93.3 cm³/mol. The molecule has 0 atom stereocenters. The second-order valence-electron chi connectivity index (χ2n) is 6.43. The summed E-state index contributed by atoms with van der Waals surface area (Å²) in [5, 5.41) is 0. The molecule has 2 aromatic heterocycles. The van der Waals surface area contributed by atoms with Gasteiger partial charge < -0.3 is 19.4 Å². The first-order valence-corrected chi connectivity index (χ1v) is 8.43. The van der Waals surface area contributed by atoms with Gasteiger partial charge in [-0.25, -0.2) is 9.37 Å². The first kappa shape index (κ1) is 23.3. The van der Waals surface area contributed by atoms with Crippen molar-refractivity contribution in [3.05, 3.63) is 55.0 Å². The molecule has 1 aliphatic heterocycles. The Bertz CT molecular complexity index is 848. The van der Waals surface area contributed by atoms with Crippen molar-refractivity contribution in [2.75, 3.05) is 20.1 Å². The van der Waals surface area contributed by atoms with Crippen LogP contribution >= 0.6 is 0 Å². The van der Waals surface area contributed by atoms with Crippen LogP contribution in [0.25, 0.3) is 22.6 Å². The van der Waals surface area contributed by atoms with Crippen molar-refractivity contribution in [3.8, 4) is 22.6 Å². The van der Waals surface area contributed by atoms with Gasteiger partial charge in [-0.05, 0) is 62.9 Å². The third kappa shape index (κ3) is 5.32. The first-order valence-electron chi connectivity index (χ1n) is 8.43. The first-order chi connectivity index (χ1) is 12.2. The molecule has 0 amide bonds. The molecule has 0 saturated carbocycles. The van der Waals surface area contributed by atoms with Gasteiger partial charge in [0.05, 0.1) is 12.0 Å². The summed E-state index contributed by atoms with van der Waals surface area (Å²) in [6.45, 7) is 2.12. The Morgan fingerprint density at radius 3 is 2.44 bits per heavy atom. The summed E-state index contributed by atoms with van der Waals surface area (Å²) in [6, 6.07) is 8.67. The van der Waals surface area contributed by atoms with Gasteiger partial charge in [-0.1, -0.05) is 6.20 Å². The van der Waals surface area contributed by atoms with Crippen molar-refractivity contribution in [1.29, 1.82) is 0 Å². The minimum absolute atomic E-state index is 0. The summed E-state index contributed by atoms with van der Waals surface area (Å²) in [5.74, 6) is -0.254. The van der Waals surface area contributed by atoms with E-state index in [1.807, 2.05) is 12.4 Å². The van der Waals surface area contributed by atoms with E-state index in [2.05, 4.69) is 37.8 Å². The zero-order valence-electron chi connectivity index (χ0n) is 15.3. The second kappa shape index (κ2) is 10.7. The zero-order valence-corrected chi connectivity index (χ0v) is 24.0. The number of imidazole rings is 1. The van der Waals surface area contributed by atoms with E-state index in [0.29, 0.717) is 6.04 Å². The molecule has 3 radical (unpaired) electrons. The van der Waals surface area contributed by atoms with Crippen LogP contribution in [0.3, 0.4) is 0 Å². The second-order valence-corrected chi connectivity index (χ2v) is 6.43. The van der Waals surface area contributed by atoms with E-state index < -0.39 is 0 Å². The van der Waals surface area contributed by atoms with Crippen molar-refractivity contribution in [3.63, 3.8) is 0 Å². The predicted octanol–water partition coefficient (Wildman–Crippen LogP) is 3.21. The fraction of sp³-hybridized carbons (Fsp3) is 0.316. The molecule has 3 aromatic rings. The Labute approximate surface area is 220 Å². The van der Waals surface area contributed by atoms with E-state index >= 15 is 0 Å². The van der Waals surface area contributed by atoms with Gasteiger partial charge in [0, 0.05) is 101 Å². The van der Waals surface area contributed by atoms with E-state index in [1.165, 1.54) is 12.1 Å². The standard InChI is InChI=1S/C19H19FN5.Ra.Y/c1-24-10-7-16(8-11-24)25-13-23-18(14-2-4-15(20)5-3-14)19(25)17-6-9-21-12-22-17;;/h2-6,9,13,16H,7-8,10-11H2,1H3;;/q-1;;. The zero-order chi connectivity index (χ0) is 17.2. The normalized spacial score (nSPS) is 15.0. The van der Waals surface area contributed by atoms with Crippen LogP contribution in [0.4, 0.5) is 4.39 Å². The van der Waals surface area contributed by atoms with Crippen LogP contribution in [0.1, 0.15) is 18.9 Å². The molecule has 0 bridgehead atoms. The maximum Gasteiger partial charge on any atom is 0.123 e. The van der Waals surface area contributed by atoms with Gasteiger partial charge in [0.25, 0.3) is 0 Å². The number of hydrogen-bond donors (Lipinski definition) is 0. The summed E-state index contributed by atoms with van der Waals surface area (Å²) in [5.41, 5.74) is 3.42. The maximum absolute atomic E-state index is 13.3. The van der Waals surface area contributed by atoms with Crippen molar-refractivity contribution < 1.29 is 82.1 Å². The number of nitrogens with zero attached hydrogens (tertiary/aromatic N) is 5. The van der Waals surface area contributed by atoms with E-state index in [-0.39, 0.29) is 83.5 Å². The van der Waals surface area contributed by atoms with Crippen LogP contribution in [0.2, 0.25) is 0 Å². The fourth-order valence-electron chi connectivity index (χ4n) is 3.38. The van der Waals surface area contributed by atoms with Crippen LogP contribution in [0, 0.1) is 57.2 Å². The quantitative estimate of drug-likeness (QED) is 0.409. The number of likely N-dealkylation sites (tertiary alicyclic amines) is 1. The molecule has 3 heterocycles. The van der Waals surface area contributed by atoms with Crippen LogP contribution in [-0.2, 0) is 32.7 Å². The molecule has 0 spiro atoms. The number of hydrogen-bond acceptors (Lipinski definition) is 4. The summed E-state index contributed by atoms with van der Waals surface area (Å²) < 4.78 is 15.5. The fourth-order valence-corrected chi connectivity index (χ4v) is 3.38. The molecule has 0 N–H and O–H groups in total. The van der Waals surface area contributed by atoms with E-state index in [9.17, 15) is 4.39 Å². The van der Waals surface area contributed by atoms with Crippen LogP contribution in [0.15, 0.2) is 42.9 Å². The molecule has 1 fully saturated rings. The molecule has 1 aromatic carbocycles. The average molecular weight is 651 g/mol. The molecule has 0 aliphatic carbocycles. The molecule has 27 heavy (non-hydrogen) atoms. The van der Waals surface area contributed by atoms with E-state index in [0.717, 1.165) is 48.6 Å². The van der Waals surface area contributed by atoms with E-state index in [4.69, 9.17) is 0 Å². The number of aromatic nitrogens is 4. The Morgan fingerprint density at radius 1 is 1.11 bits per heavy atom. The van der Waals surface area contributed by atoms with Gasteiger partial charge in [-0.15, -0.1) is 6.07 Å². The third-order valence-electron chi connectivity index (χ3n) is 4.77. The number of halogens is 1. The number of rotatable bonds is 3. The van der Waals surface area contributed by atoms with Crippen LogP contribution in [-0.4, -0.2) is 44.6 Å². The molecule has 4 rings (SSSR count). The monoisotopic (exact) mass is 651 g/mol. The minimum atomic E-state index is -0.254. The Hall–Kier alpha value is -0.0286. The van der Waals surface area contributed by atoms with Crippen molar-refractivity contribution in [2.45, 2.75) is 18.9 Å². The topological polar surface area (TPSA) is 46.8 Å².